The molecule has 636 valence electrons. The van der Waals surface area contributed by atoms with Gasteiger partial charge in [-0.25, -0.2) is 32.0 Å². The van der Waals surface area contributed by atoms with Crippen LogP contribution in [-0.2, 0) is 105 Å². The number of carboxylic acids is 1. The fraction of sp³-hybridized carbons (Fsp3) is 0.986. The highest BCUT2D eigenvalue weighted by Gasteiger charge is 2.43. The van der Waals surface area contributed by atoms with Crippen LogP contribution < -0.4 is 0 Å². The Hall–Kier alpha value is 2.58. The smallest absolute Gasteiger partial charge is 0.475 e. The van der Waals surface area contributed by atoms with E-state index >= 15 is 13.7 Å². The Labute approximate surface area is 667 Å². The molecule has 0 saturated carbocycles. The number of hydrogen-bond donors (Lipinski definition) is 1. The van der Waals surface area contributed by atoms with Gasteiger partial charge in [-0.05, 0) is 264 Å². The van der Waals surface area contributed by atoms with Gasteiger partial charge in [0, 0.05) is 34.5 Å². The maximum atomic E-state index is 15.5. The van der Waals surface area contributed by atoms with Crippen molar-refractivity contribution in [1.29, 1.82) is 0 Å². The van der Waals surface area contributed by atoms with E-state index < -0.39 is 153 Å². The van der Waals surface area contributed by atoms with E-state index in [1.165, 1.54) is 6.92 Å². The highest BCUT2D eigenvalue weighted by molar-refractivity contribution is 8.57. The average molecular weight is 1770 g/mol. The quantitative estimate of drug-likeness (QED) is 0.0553. The maximum absolute atomic E-state index is 15.5. The van der Waals surface area contributed by atoms with Gasteiger partial charge in [-0.2, -0.15) is 0 Å². The lowest BCUT2D eigenvalue weighted by Gasteiger charge is -2.30. The van der Waals surface area contributed by atoms with E-state index in [0.29, 0.717) is 62.7 Å². The summed E-state index contributed by atoms with van der Waals surface area (Å²) in [7, 11) is -4.78. The molecule has 0 bridgehead atoms. The van der Waals surface area contributed by atoms with Crippen LogP contribution in [0.1, 0.15) is 265 Å². The van der Waals surface area contributed by atoms with Crippen molar-refractivity contribution in [3.05, 3.63) is 0 Å². The van der Waals surface area contributed by atoms with Crippen molar-refractivity contribution < 1.29 is 110 Å². The van der Waals surface area contributed by atoms with Crippen molar-refractivity contribution in [1.82, 2.24) is 0 Å². The standard InChI is InChI=1S/C69H145O24P7S6/c1-47(2)33-55(17)82-96(74,83-56(18)34-48(3)4)102-42-64(26)80-94(72,81-65(27)43-103-97(75,84-57(19)35-49(5)6)85-58(20)36-50(7)8)79-41-63(25)90-95(73,101-32-31-69(70)71)91-66(28)44-106-100(78,92-67(29)45-104-98(76,86-59(21)37-51(9)10)87-60(22)38-52(11)12)93-68(30)46-105-99(77,88-61(23)39-53(13)14)89-62(24)40-54(15)16/h47-68H,31-46H2,1-30H3,(H,70,71). The third kappa shape index (κ3) is 54.5. The molecule has 0 radical (unpaired) electrons. The van der Waals surface area contributed by atoms with Crippen LogP contribution >= 0.6 is 117 Å². The molecule has 0 aliphatic heterocycles. The Morgan fingerprint density at radius 1 is 0.245 bits per heavy atom. The summed E-state index contributed by atoms with van der Waals surface area (Å²) in [5, 5.41) is 9.75. The van der Waals surface area contributed by atoms with E-state index in [1.807, 2.05) is 166 Å². The van der Waals surface area contributed by atoms with Crippen LogP contribution in [0.15, 0.2) is 0 Å². The first-order chi connectivity index (χ1) is 48.5. The third-order valence-electron chi connectivity index (χ3n) is 14.1. The number of aliphatic carboxylic acids is 1. The summed E-state index contributed by atoms with van der Waals surface area (Å²) in [5.41, 5.74) is 0. The molecule has 24 nitrogen and oxygen atoms in total. The van der Waals surface area contributed by atoms with Crippen molar-refractivity contribution in [2.24, 2.45) is 47.3 Å². The normalized spacial score (nSPS) is 20.9. The zero-order valence-electron chi connectivity index (χ0n) is 69.9. The van der Waals surface area contributed by atoms with Gasteiger partial charge in [0.05, 0.1) is 98.5 Å². The molecule has 0 fully saturated rings. The molecule has 106 heavy (non-hydrogen) atoms. The second-order valence-electron chi connectivity index (χ2n) is 31.7. The minimum absolute atomic E-state index is 0.0207. The topological polar surface area (TPSA) is 295 Å². The van der Waals surface area contributed by atoms with Crippen molar-refractivity contribution in [2.45, 2.75) is 351 Å². The molecule has 15 atom stereocenters. The van der Waals surface area contributed by atoms with Crippen LogP contribution in [0.3, 0.4) is 0 Å². The summed E-state index contributed by atoms with van der Waals surface area (Å²) in [5.74, 6) is 0.0304. The number of carboxylic acid groups (broad SMARTS) is 1. The number of rotatable bonds is 66. The SMILES string of the molecule is CC(C)CC(C)OP(=O)(OC(C)CC(C)C)SCC(C)OP(=O)(OCC(C)OP(=O)(OC(C)CSP(=O)(OC(C)CSP(=O)(OC(C)CC(C)C)OC(C)CC(C)C)OC(C)CSP(=O)(OC(C)CC(C)C)OC(C)CC(C)C)SCCC(=O)O)OC(C)CSP(=O)(OC(C)CC(C)C)OC(C)CC(C)C. The molecular formula is C69H145O24P7S6. The summed E-state index contributed by atoms with van der Waals surface area (Å²) in [6.07, 6.45) is -5.20. The predicted molar refractivity (Wildman–Crippen MR) is 449 cm³/mol. The lowest BCUT2D eigenvalue weighted by Crippen LogP contribution is -2.22. The Bertz CT molecular complexity index is 2370. The van der Waals surface area contributed by atoms with Crippen molar-refractivity contribution in [3.8, 4) is 0 Å². The summed E-state index contributed by atoms with van der Waals surface area (Å²) < 4.78 is 198. The number of carbonyl (C=O) groups is 1. The molecule has 0 aliphatic carbocycles. The second kappa shape index (κ2) is 53.9. The molecule has 0 spiro atoms. The zero-order valence-corrected chi connectivity index (χ0v) is 81.1. The van der Waals surface area contributed by atoms with Gasteiger partial charge in [0.25, 0.3) is 0 Å². The van der Waals surface area contributed by atoms with E-state index in [1.54, 1.807) is 34.6 Å². The molecule has 0 heterocycles. The molecule has 0 aliphatic rings. The van der Waals surface area contributed by atoms with Gasteiger partial charge in [-0.1, -0.05) is 111 Å². The molecule has 0 aromatic rings. The lowest BCUT2D eigenvalue weighted by atomic mass is 10.1. The van der Waals surface area contributed by atoms with Gasteiger partial charge in [-0.3, -0.25) is 72.7 Å². The highest BCUT2D eigenvalue weighted by Crippen LogP contribution is 2.70. The number of phosphoric ester groups is 1. The van der Waals surface area contributed by atoms with Crippen molar-refractivity contribution in [2.75, 3.05) is 41.1 Å². The molecule has 0 saturated heterocycles. The molecule has 0 aromatic heterocycles. The monoisotopic (exact) mass is 1770 g/mol. The maximum Gasteiger partial charge on any atom is 0.475 e. The summed E-state index contributed by atoms with van der Waals surface area (Å²) in [4.78, 5) is 11.9. The van der Waals surface area contributed by atoms with Crippen LogP contribution in [0, 0.1) is 47.3 Å². The Balaban J connectivity index is 7.63. The first-order valence-electron chi connectivity index (χ1n) is 38.0. The fourth-order valence-corrected chi connectivity index (χ4v) is 37.4. The third-order valence-corrected chi connectivity index (χ3v) is 40.2. The number of hydrogen-bond acceptors (Lipinski definition) is 29. The van der Waals surface area contributed by atoms with Crippen LogP contribution in [0.5, 0.6) is 0 Å². The predicted octanol–water partition coefficient (Wildman–Crippen LogP) is 26.7. The zero-order chi connectivity index (χ0) is 81.9. The Kier molecular flexibility index (Phi) is 55.2. The van der Waals surface area contributed by atoms with Crippen LogP contribution in [0.25, 0.3) is 0 Å². The summed E-state index contributed by atoms with van der Waals surface area (Å²) >= 11 is 4.97. The van der Waals surface area contributed by atoms with Crippen LogP contribution in [-0.4, -0.2) is 138 Å². The number of phosphoric acid groups is 1. The van der Waals surface area contributed by atoms with Gasteiger partial charge in [0.1, 0.15) is 0 Å². The molecular weight excluding hydrogens is 1620 g/mol. The Morgan fingerprint density at radius 2 is 0.406 bits per heavy atom. The minimum Gasteiger partial charge on any atom is -0.481 e. The Morgan fingerprint density at radius 3 is 0.585 bits per heavy atom. The van der Waals surface area contributed by atoms with Crippen molar-refractivity contribution in [3.63, 3.8) is 0 Å². The molecule has 1 N–H and O–H groups in total. The molecule has 0 amide bonds. The van der Waals surface area contributed by atoms with Gasteiger partial charge in [0.2, 0.25) is 0 Å². The molecule has 0 aromatic carbocycles. The fourth-order valence-electron chi connectivity index (χ4n) is 10.9. The molecule has 0 rings (SSSR count). The van der Waals surface area contributed by atoms with Gasteiger partial charge < -0.3 is 5.11 Å². The van der Waals surface area contributed by atoms with E-state index in [2.05, 4.69) is 0 Å². The van der Waals surface area contributed by atoms with E-state index in [0.717, 1.165) is 56.9 Å². The van der Waals surface area contributed by atoms with E-state index in [-0.39, 0.29) is 81.9 Å². The van der Waals surface area contributed by atoms with Gasteiger partial charge in [-0.15, -0.1) is 0 Å². The van der Waals surface area contributed by atoms with E-state index in [9.17, 15) is 28.2 Å². The van der Waals surface area contributed by atoms with E-state index in [4.69, 9.17) is 67.9 Å². The first kappa shape index (κ1) is 109. The summed E-state index contributed by atoms with van der Waals surface area (Å²) in [6, 6.07) is 0. The molecule has 37 heteroatoms. The highest BCUT2D eigenvalue weighted by atomic mass is 32.7. The van der Waals surface area contributed by atoms with Gasteiger partial charge >= 0.3 is 54.6 Å². The summed E-state index contributed by atoms with van der Waals surface area (Å²) in [6.45, 7) is 31.7. The van der Waals surface area contributed by atoms with Gasteiger partial charge in [0.15, 0.2) is 0 Å². The van der Waals surface area contributed by atoms with Crippen LogP contribution in [0.4, 0.5) is 0 Å². The molecule has 15 unspecified atom stereocenters. The average Bonchev–Trinajstić information content (AvgIpc) is 0.849. The largest absolute Gasteiger partial charge is 0.481 e. The second-order valence-corrected chi connectivity index (χ2v) is 57.5. The lowest BCUT2D eigenvalue weighted by molar-refractivity contribution is -0.136. The first-order valence-corrected chi connectivity index (χ1v) is 58.3. The minimum atomic E-state index is -4.78. The van der Waals surface area contributed by atoms with Crippen LogP contribution in [0.2, 0.25) is 0 Å². The van der Waals surface area contributed by atoms with Crippen molar-refractivity contribution >= 4 is 123 Å².